The number of carbonyl (C=O) groups excluding carboxylic acids is 4. The zero-order chi connectivity index (χ0) is 32.1. The summed E-state index contributed by atoms with van der Waals surface area (Å²) in [5.74, 6) is -0.640. The largest absolute Gasteiger partial charge is 2.00 e. The van der Waals surface area contributed by atoms with Crippen LogP contribution in [0.3, 0.4) is 0 Å². The van der Waals surface area contributed by atoms with Crippen LogP contribution in [0.25, 0.3) is 0 Å². The first-order chi connectivity index (χ1) is 19.9. The maximum atomic E-state index is 12.9. The molecule has 11 heteroatoms. The summed E-state index contributed by atoms with van der Waals surface area (Å²) in [6, 6.07) is 17.7. The number of hydrogen-bond acceptors (Lipinski definition) is 8. The van der Waals surface area contributed by atoms with Crippen LogP contribution in [0.4, 0.5) is 0 Å². The molecule has 0 amide bonds. The van der Waals surface area contributed by atoms with E-state index in [2.05, 4.69) is 0 Å². The predicted octanol–water partition coefficient (Wildman–Crippen LogP) is 6.72. The first-order valence-corrected chi connectivity index (χ1v) is 18.3. The Balaban J connectivity index is 0.000000802. The van der Waals surface area contributed by atoms with Crippen molar-refractivity contribution in [1.82, 2.24) is 0 Å². The van der Waals surface area contributed by atoms with Crippen molar-refractivity contribution in [3.8, 4) is 0 Å². The van der Waals surface area contributed by atoms with Gasteiger partial charge in [-0.1, -0.05) is 102 Å². The fourth-order valence-electron chi connectivity index (χ4n) is 5.30. The van der Waals surface area contributed by atoms with Crippen LogP contribution in [0, 0.1) is 0 Å². The summed E-state index contributed by atoms with van der Waals surface area (Å²) in [7, 11) is 0.168. The van der Waals surface area contributed by atoms with Crippen LogP contribution >= 0.6 is 0 Å². The van der Waals surface area contributed by atoms with Crippen LogP contribution in [0.15, 0.2) is 60.7 Å². The van der Waals surface area contributed by atoms with Crippen molar-refractivity contribution in [2.24, 2.45) is 0 Å². The molecule has 0 aliphatic carbocycles. The van der Waals surface area contributed by atoms with E-state index in [1.165, 1.54) is 28.4 Å². The second-order valence-electron chi connectivity index (χ2n) is 10.5. The SMILES string of the molecule is CCC(=O)C(C(=O)c1ccccc1)[Si](OC)(OC)C(C)C.CCC(=O)C(C(=O)c1ccccc1)[Si](OC)(OC)C(C)C.[Pt+2]. The van der Waals surface area contributed by atoms with Crippen molar-refractivity contribution in [3.63, 3.8) is 0 Å². The number of Topliss-reactive ketones (excluding diaryl/α,β-unsaturated/α-hetero) is 4. The van der Waals surface area contributed by atoms with Gasteiger partial charge in [-0.25, -0.2) is 0 Å². The van der Waals surface area contributed by atoms with Crippen molar-refractivity contribution < 1.29 is 57.9 Å². The molecule has 0 aromatic heterocycles. The van der Waals surface area contributed by atoms with E-state index in [4.69, 9.17) is 17.7 Å². The minimum Gasteiger partial charge on any atom is -0.397 e. The van der Waals surface area contributed by atoms with E-state index in [0.717, 1.165) is 0 Å². The van der Waals surface area contributed by atoms with E-state index in [1.807, 2.05) is 39.8 Å². The molecule has 2 aromatic rings. The van der Waals surface area contributed by atoms with Gasteiger partial charge in [0.15, 0.2) is 11.6 Å². The third kappa shape index (κ3) is 9.53. The zero-order valence-electron chi connectivity index (χ0n) is 27.1. The maximum absolute atomic E-state index is 12.9. The summed E-state index contributed by atoms with van der Waals surface area (Å²) in [6.07, 6.45) is 0.578. The minimum atomic E-state index is -2.98. The van der Waals surface area contributed by atoms with E-state index in [0.29, 0.717) is 11.1 Å². The minimum absolute atomic E-state index is 0. The second kappa shape index (κ2) is 19.5. The van der Waals surface area contributed by atoms with E-state index in [9.17, 15) is 19.2 Å². The van der Waals surface area contributed by atoms with Crippen LogP contribution in [0.2, 0.25) is 22.2 Å². The Morgan fingerprint density at radius 2 is 0.814 bits per heavy atom. The van der Waals surface area contributed by atoms with Gasteiger partial charge >= 0.3 is 38.2 Å². The van der Waals surface area contributed by atoms with Gasteiger partial charge in [-0.05, 0) is 11.1 Å². The number of benzene rings is 2. The Morgan fingerprint density at radius 3 is 1.00 bits per heavy atom. The van der Waals surface area contributed by atoms with Crippen LogP contribution in [0.5, 0.6) is 0 Å². The first kappa shape index (κ1) is 41.1. The van der Waals surface area contributed by atoms with Gasteiger partial charge in [0.05, 0.1) is 0 Å². The topological polar surface area (TPSA) is 105 Å². The quantitative estimate of drug-likeness (QED) is 0.105. The number of rotatable bonds is 16. The van der Waals surface area contributed by atoms with Crippen LogP contribution in [-0.2, 0) is 48.4 Å². The van der Waals surface area contributed by atoms with Gasteiger partial charge in [0, 0.05) is 52.4 Å². The molecule has 0 saturated heterocycles. The Kier molecular flexibility index (Phi) is 18.6. The molecule has 0 heterocycles. The van der Waals surface area contributed by atoms with Crippen molar-refractivity contribution in [1.29, 1.82) is 0 Å². The normalized spacial score (nSPS) is 12.9. The molecular weight excluding hydrogens is 764 g/mol. The molecule has 0 bridgehead atoms. The third-order valence-electron chi connectivity index (χ3n) is 7.67. The molecule has 2 rings (SSSR count). The monoisotopic (exact) mass is 811 g/mol. The molecule has 0 N–H and O–H groups in total. The van der Waals surface area contributed by atoms with Gasteiger partial charge in [-0.3, -0.25) is 19.2 Å². The average Bonchev–Trinajstić information content (AvgIpc) is 3.02. The summed E-state index contributed by atoms with van der Waals surface area (Å²) in [5.41, 5.74) is -0.645. The van der Waals surface area contributed by atoms with E-state index >= 15 is 0 Å². The predicted molar refractivity (Wildman–Crippen MR) is 169 cm³/mol. The molecule has 240 valence electrons. The van der Waals surface area contributed by atoms with Gasteiger partial charge in [-0.15, -0.1) is 0 Å². The van der Waals surface area contributed by atoms with Crippen molar-refractivity contribution in [2.45, 2.75) is 76.5 Å². The van der Waals surface area contributed by atoms with Crippen molar-refractivity contribution in [3.05, 3.63) is 71.8 Å². The van der Waals surface area contributed by atoms with Gasteiger partial charge < -0.3 is 17.7 Å². The molecular formula is C32H48O8PtSi2+2. The summed E-state index contributed by atoms with van der Waals surface area (Å²) in [6.45, 7) is 11.3. The second-order valence-corrected chi connectivity index (χ2v) is 18.5. The molecule has 0 aliphatic heterocycles. The van der Waals surface area contributed by atoms with E-state index in [-0.39, 0.29) is 68.1 Å². The Bertz CT molecular complexity index is 1060. The van der Waals surface area contributed by atoms with Gasteiger partial charge in [0.25, 0.3) is 0 Å². The number of carbonyl (C=O) groups is 4. The average molecular weight is 812 g/mol. The Labute approximate surface area is 274 Å². The fraction of sp³-hybridized carbons (Fsp3) is 0.500. The van der Waals surface area contributed by atoms with Gasteiger partial charge in [-0.2, -0.15) is 0 Å². The summed E-state index contributed by atoms with van der Waals surface area (Å²) in [4.78, 5) is 50.6. The fourth-order valence-corrected chi connectivity index (χ4v) is 12.2. The molecule has 0 radical (unpaired) electrons. The van der Waals surface area contributed by atoms with E-state index in [1.54, 1.807) is 62.4 Å². The molecule has 43 heavy (non-hydrogen) atoms. The number of ketones is 4. The van der Waals surface area contributed by atoms with Crippen LogP contribution < -0.4 is 0 Å². The molecule has 0 aliphatic rings. The first-order valence-electron chi connectivity index (χ1n) is 14.3. The smallest absolute Gasteiger partial charge is 0.397 e. The molecule has 0 spiro atoms. The van der Waals surface area contributed by atoms with Gasteiger partial charge in [0.2, 0.25) is 0 Å². The van der Waals surface area contributed by atoms with Crippen molar-refractivity contribution in [2.75, 3.05) is 28.4 Å². The molecule has 8 nitrogen and oxygen atoms in total. The Morgan fingerprint density at radius 1 is 0.558 bits per heavy atom. The van der Waals surface area contributed by atoms with Crippen LogP contribution in [0.1, 0.15) is 75.1 Å². The summed E-state index contributed by atoms with van der Waals surface area (Å²) >= 11 is 0. The molecule has 0 fully saturated rings. The summed E-state index contributed by atoms with van der Waals surface area (Å²) < 4.78 is 22.6. The third-order valence-corrected chi connectivity index (χ3v) is 16.2. The molecule has 2 unspecified atom stereocenters. The van der Waals surface area contributed by atoms with Gasteiger partial charge in [0.1, 0.15) is 22.6 Å². The van der Waals surface area contributed by atoms with E-state index < -0.39 is 28.2 Å². The summed E-state index contributed by atoms with van der Waals surface area (Å²) in [5, 5.41) is 0. The van der Waals surface area contributed by atoms with Crippen LogP contribution in [-0.4, -0.2) is 68.7 Å². The Hall–Kier alpha value is -1.92. The standard InChI is InChI=1S/2C16H24O4Si.Pt/c2*1-6-14(17)16(21(19-4,20-5)12(2)3)15(18)13-10-8-7-9-11-13;/h2*7-12,16H,6H2,1-5H3;/q;;+2. The zero-order valence-corrected chi connectivity index (χ0v) is 31.4. The maximum Gasteiger partial charge on any atom is 2.00 e. The number of hydrogen-bond donors (Lipinski definition) is 0. The molecule has 2 aromatic carbocycles. The molecule has 0 saturated carbocycles. The van der Waals surface area contributed by atoms with Crippen molar-refractivity contribution >= 4 is 40.3 Å². The molecule has 2 atom stereocenters.